The van der Waals surface area contributed by atoms with Gasteiger partial charge >= 0.3 is 0 Å². The van der Waals surface area contributed by atoms with Gasteiger partial charge in [-0.25, -0.2) is 4.98 Å². The largest absolute Gasteiger partial charge is 0.344 e. The first-order valence-electron chi connectivity index (χ1n) is 6.59. The van der Waals surface area contributed by atoms with E-state index in [1.54, 1.807) is 0 Å². The Morgan fingerprint density at radius 3 is 2.44 bits per heavy atom. The summed E-state index contributed by atoms with van der Waals surface area (Å²) in [6.45, 7) is 11.3. The first kappa shape index (κ1) is 13.7. The summed E-state index contributed by atoms with van der Waals surface area (Å²) in [4.78, 5) is 9.35. The molecule has 1 saturated heterocycles. The van der Waals surface area contributed by atoms with Crippen molar-refractivity contribution < 1.29 is 0 Å². The Hall–Kier alpha value is -0.720. The summed E-state index contributed by atoms with van der Waals surface area (Å²) in [5.74, 6) is 0.958. The third-order valence-corrected chi connectivity index (χ3v) is 4.49. The Morgan fingerprint density at radius 1 is 1.28 bits per heavy atom. The minimum atomic E-state index is 0.0990. The fourth-order valence-electron chi connectivity index (χ4n) is 2.15. The van der Waals surface area contributed by atoms with Crippen molar-refractivity contribution >= 4 is 16.7 Å². The second-order valence-electron chi connectivity index (χ2n) is 5.34. The van der Waals surface area contributed by atoms with Gasteiger partial charge in [-0.1, -0.05) is 6.92 Å². The minimum absolute atomic E-state index is 0.0990. The predicted octanol–water partition coefficient (Wildman–Crippen LogP) is 0.960. The van der Waals surface area contributed by atoms with Crippen molar-refractivity contribution in [3.63, 3.8) is 0 Å². The fraction of sp³-hybridized carbons (Fsp3) is 0.833. The number of nitrogens with zero attached hydrogens (tertiary/aromatic N) is 4. The topological polar surface area (TPSA) is 58.3 Å². The molecule has 1 aliphatic rings. The highest BCUT2D eigenvalue weighted by Gasteiger charge is 2.29. The van der Waals surface area contributed by atoms with E-state index in [1.807, 2.05) is 0 Å². The average molecular weight is 269 g/mol. The molecule has 0 unspecified atom stereocenters. The third-order valence-electron chi connectivity index (χ3n) is 3.68. The smallest absolute Gasteiger partial charge is 0.205 e. The highest BCUT2D eigenvalue weighted by Crippen LogP contribution is 2.22. The molecule has 0 spiro atoms. The highest BCUT2D eigenvalue weighted by atomic mass is 32.1. The molecule has 0 amide bonds. The van der Waals surface area contributed by atoms with Crippen molar-refractivity contribution in [1.82, 2.24) is 14.3 Å². The molecule has 0 aliphatic carbocycles. The summed E-state index contributed by atoms with van der Waals surface area (Å²) in [5, 5.41) is 1.07. The lowest BCUT2D eigenvalue weighted by atomic mass is 10.0. The van der Waals surface area contributed by atoms with Gasteiger partial charge in [0.2, 0.25) is 5.13 Å². The third kappa shape index (κ3) is 2.81. The number of piperazine rings is 1. The zero-order chi connectivity index (χ0) is 13.2. The second kappa shape index (κ2) is 5.50. The number of aryl methyl sites for hydroxylation is 1. The minimum Gasteiger partial charge on any atom is -0.344 e. The van der Waals surface area contributed by atoms with Gasteiger partial charge in [0.25, 0.3) is 0 Å². The predicted molar refractivity (Wildman–Crippen MR) is 76.2 cm³/mol. The van der Waals surface area contributed by atoms with E-state index in [2.05, 4.69) is 39.9 Å². The molecule has 1 aromatic rings. The van der Waals surface area contributed by atoms with Crippen LogP contribution in [0.15, 0.2) is 0 Å². The van der Waals surface area contributed by atoms with E-state index in [-0.39, 0.29) is 5.54 Å². The van der Waals surface area contributed by atoms with Crippen molar-refractivity contribution in [2.75, 3.05) is 37.6 Å². The molecule has 0 aromatic carbocycles. The highest BCUT2D eigenvalue weighted by molar-refractivity contribution is 7.09. The molecule has 6 heteroatoms. The van der Waals surface area contributed by atoms with Crippen LogP contribution in [0.3, 0.4) is 0 Å². The number of rotatable bonds is 4. The van der Waals surface area contributed by atoms with Crippen LogP contribution in [0.2, 0.25) is 0 Å². The molecule has 1 aliphatic heterocycles. The molecule has 1 aromatic heterocycles. The van der Waals surface area contributed by atoms with Gasteiger partial charge in [0.05, 0.1) is 0 Å². The van der Waals surface area contributed by atoms with Crippen LogP contribution in [0.1, 0.15) is 26.6 Å². The summed E-state index contributed by atoms with van der Waals surface area (Å²) in [7, 11) is 0. The number of nitrogens with two attached hydrogens (primary N) is 1. The van der Waals surface area contributed by atoms with Crippen LogP contribution in [0.25, 0.3) is 0 Å². The Morgan fingerprint density at radius 2 is 1.94 bits per heavy atom. The molecular weight excluding hydrogens is 246 g/mol. The number of hydrogen-bond acceptors (Lipinski definition) is 6. The molecule has 0 saturated carbocycles. The molecule has 0 bridgehead atoms. The van der Waals surface area contributed by atoms with Gasteiger partial charge in [-0.3, -0.25) is 4.90 Å². The second-order valence-corrected chi connectivity index (χ2v) is 6.07. The van der Waals surface area contributed by atoms with E-state index < -0.39 is 0 Å². The van der Waals surface area contributed by atoms with Crippen molar-refractivity contribution in [3.8, 4) is 0 Å². The summed E-state index contributed by atoms with van der Waals surface area (Å²) in [6.07, 6.45) is 0.913. The van der Waals surface area contributed by atoms with Crippen molar-refractivity contribution in [1.29, 1.82) is 0 Å². The van der Waals surface area contributed by atoms with Gasteiger partial charge in [0.1, 0.15) is 5.82 Å². The first-order valence-corrected chi connectivity index (χ1v) is 7.37. The zero-order valence-electron chi connectivity index (χ0n) is 11.5. The van der Waals surface area contributed by atoms with Crippen molar-refractivity contribution in [2.24, 2.45) is 5.73 Å². The summed E-state index contributed by atoms with van der Waals surface area (Å²) < 4.78 is 4.35. The quantitative estimate of drug-likeness (QED) is 0.882. The van der Waals surface area contributed by atoms with Crippen LogP contribution < -0.4 is 10.6 Å². The van der Waals surface area contributed by atoms with Crippen LogP contribution >= 0.6 is 11.5 Å². The number of aromatic nitrogens is 2. The van der Waals surface area contributed by atoms with Crippen LogP contribution in [0, 0.1) is 0 Å². The van der Waals surface area contributed by atoms with E-state index in [4.69, 9.17) is 5.73 Å². The summed E-state index contributed by atoms with van der Waals surface area (Å²) in [6, 6.07) is 0. The normalized spacial score (nSPS) is 18.3. The molecule has 2 heterocycles. The lowest BCUT2D eigenvalue weighted by molar-refractivity contribution is 0.119. The maximum atomic E-state index is 5.83. The van der Waals surface area contributed by atoms with E-state index in [1.165, 1.54) is 11.5 Å². The number of hydrogen-bond donors (Lipinski definition) is 1. The summed E-state index contributed by atoms with van der Waals surface area (Å²) >= 11 is 1.52. The molecule has 5 nitrogen and oxygen atoms in total. The van der Waals surface area contributed by atoms with Gasteiger partial charge in [-0.05, 0) is 13.8 Å². The van der Waals surface area contributed by atoms with Gasteiger partial charge in [-0.15, -0.1) is 0 Å². The first-order chi connectivity index (χ1) is 8.56. The Balaban J connectivity index is 1.94. The van der Waals surface area contributed by atoms with E-state index >= 15 is 0 Å². The maximum Gasteiger partial charge on any atom is 0.205 e. The van der Waals surface area contributed by atoms with Crippen LogP contribution in [0.5, 0.6) is 0 Å². The van der Waals surface area contributed by atoms with Gasteiger partial charge < -0.3 is 10.6 Å². The maximum absolute atomic E-state index is 5.83. The molecule has 2 rings (SSSR count). The SMILES string of the molecule is CCc1nsc(N2CCN(C(C)(C)CN)CC2)n1. The lowest BCUT2D eigenvalue weighted by Gasteiger charge is -2.43. The van der Waals surface area contributed by atoms with Crippen molar-refractivity contribution in [3.05, 3.63) is 5.82 Å². The average Bonchev–Trinajstić information content (AvgIpc) is 2.87. The Kier molecular flexibility index (Phi) is 4.19. The fourth-order valence-corrected chi connectivity index (χ4v) is 2.95. The van der Waals surface area contributed by atoms with Crippen molar-refractivity contribution in [2.45, 2.75) is 32.7 Å². The molecular formula is C12H23N5S. The molecule has 2 N–H and O–H groups in total. The lowest BCUT2D eigenvalue weighted by Crippen LogP contribution is -2.57. The summed E-state index contributed by atoms with van der Waals surface area (Å²) in [5.41, 5.74) is 5.93. The van der Waals surface area contributed by atoms with Crippen LogP contribution in [0.4, 0.5) is 5.13 Å². The van der Waals surface area contributed by atoms with E-state index in [9.17, 15) is 0 Å². The zero-order valence-corrected chi connectivity index (χ0v) is 12.3. The standard InChI is InChI=1S/C12H23N5S/c1-4-10-14-11(18-15-10)16-5-7-17(8-6-16)12(2,3)9-13/h4-9,13H2,1-3H3. The molecule has 102 valence electrons. The monoisotopic (exact) mass is 269 g/mol. The molecule has 0 atom stereocenters. The Bertz CT molecular complexity index is 382. The van der Waals surface area contributed by atoms with Crippen LogP contribution in [-0.4, -0.2) is 52.5 Å². The molecule has 18 heavy (non-hydrogen) atoms. The van der Waals surface area contributed by atoms with E-state index in [0.717, 1.165) is 43.6 Å². The van der Waals surface area contributed by atoms with E-state index in [0.29, 0.717) is 6.54 Å². The van der Waals surface area contributed by atoms with Crippen LogP contribution in [-0.2, 0) is 6.42 Å². The van der Waals surface area contributed by atoms with Gasteiger partial charge in [-0.2, -0.15) is 4.37 Å². The molecule has 0 radical (unpaired) electrons. The van der Waals surface area contributed by atoms with Gasteiger partial charge in [0.15, 0.2) is 0 Å². The number of anilines is 1. The molecule has 1 fully saturated rings. The van der Waals surface area contributed by atoms with Gasteiger partial charge in [0, 0.05) is 56.2 Å². The Labute approximate surface area is 113 Å².